The van der Waals surface area contributed by atoms with E-state index in [1.165, 1.54) is 88.9 Å². The Hall–Kier alpha value is -2.18. The summed E-state index contributed by atoms with van der Waals surface area (Å²) < 4.78 is 1.93. The number of nitrogens with one attached hydrogen (secondary N) is 1. The molecule has 0 unspecified atom stereocenters. The zero-order valence-corrected chi connectivity index (χ0v) is 22.9. The minimum atomic E-state index is 0.443. The number of hydrogen-bond donors (Lipinski definition) is 1. The molecular weight excluding hydrogens is 450 g/mol. The first-order valence-corrected chi connectivity index (χ1v) is 14.3. The number of aryl methyl sites for hydroxylation is 2. The summed E-state index contributed by atoms with van der Waals surface area (Å²) in [7, 11) is 0. The first-order chi connectivity index (χ1) is 16.8. The van der Waals surface area contributed by atoms with Gasteiger partial charge in [-0.05, 0) is 99.4 Å². The van der Waals surface area contributed by atoms with Gasteiger partial charge in [0.25, 0.3) is 0 Å². The van der Waals surface area contributed by atoms with Crippen LogP contribution in [0.2, 0.25) is 0 Å². The number of hydrogen-bond acceptors (Lipinski definition) is 4. The Morgan fingerprint density at radius 2 is 1.80 bits per heavy atom. The van der Waals surface area contributed by atoms with Crippen LogP contribution in [0.25, 0.3) is 27.1 Å². The van der Waals surface area contributed by atoms with E-state index in [0.29, 0.717) is 5.92 Å². The highest BCUT2D eigenvalue weighted by Crippen LogP contribution is 2.47. The summed E-state index contributed by atoms with van der Waals surface area (Å²) in [6.45, 7) is 16.5. The summed E-state index contributed by atoms with van der Waals surface area (Å²) >= 11 is 2.02. The Kier molecular flexibility index (Phi) is 5.80. The van der Waals surface area contributed by atoms with Gasteiger partial charge in [-0.15, -0.1) is 11.3 Å². The van der Waals surface area contributed by atoms with E-state index in [9.17, 15) is 0 Å². The molecule has 0 bridgehead atoms. The fraction of sp³-hybridized carbons (Fsp3) is 0.586. The zero-order chi connectivity index (χ0) is 24.4. The molecule has 35 heavy (non-hydrogen) atoms. The van der Waals surface area contributed by atoms with Gasteiger partial charge in [-0.1, -0.05) is 20.8 Å². The molecule has 0 spiro atoms. The Morgan fingerprint density at radius 1 is 1.03 bits per heavy atom. The lowest BCUT2D eigenvalue weighted by atomic mass is 9.83. The first kappa shape index (κ1) is 23.2. The SMILES string of the molecule is Cc1c(-c2[nH]c3sc(C4CCC(N5CC[C@H](C)C5)CC4)c(C)c3c2C(C)C)cn2ncnc2c1C. The molecule has 186 valence electrons. The van der Waals surface area contributed by atoms with E-state index in [4.69, 9.17) is 0 Å². The number of rotatable bonds is 4. The summed E-state index contributed by atoms with van der Waals surface area (Å²) in [5, 5.41) is 5.92. The molecule has 6 heteroatoms. The van der Waals surface area contributed by atoms with Crippen molar-refractivity contribution < 1.29 is 0 Å². The molecule has 1 aliphatic carbocycles. The van der Waals surface area contributed by atoms with Crippen LogP contribution in [0.15, 0.2) is 12.5 Å². The topological polar surface area (TPSA) is 49.2 Å². The van der Waals surface area contributed by atoms with Crippen LogP contribution in [0.3, 0.4) is 0 Å². The van der Waals surface area contributed by atoms with Gasteiger partial charge in [-0.25, -0.2) is 9.50 Å². The van der Waals surface area contributed by atoms with Gasteiger partial charge in [0.15, 0.2) is 5.65 Å². The molecule has 0 amide bonds. The van der Waals surface area contributed by atoms with E-state index in [1.807, 2.05) is 15.9 Å². The third kappa shape index (κ3) is 3.75. The van der Waals surface area contributed by atoms with Crippen LogP contribution < -0.4 is 0 Å². The van der Waals surface area contributed by atoms with Crippen molar-refractivity contribution in [2.24, 2.45) is 5.92 Å². The molecule has 4 aromatic heterocycles. The predicted octanol–water partition coefficient (Wildman–Crippen LogP) is 7.36. The largest absolute Gasteiger partial charge is 0.346 e. The zero-order valence-electron chi connectivity index (χ0n) is 22.1. The van der Waals surface area contributed by atoms with Crippen molar-refractivity contribution in [1.29, 1.82) is 0 Å². The third-order valence-corrected chi connectivity index (χ3v) is 10.3. The second-order valence-electron chi connectivity index (χ2n) is 11.6. The smallest absolute Gasteiger partial charge is 0.158 e. The number of H-pyrrole nitrogens is 1. The lowest BCUT2D eigenvalue weighted by molar-refractivity contribution is 0.178. The second kappa shape index (κ2) is 8.74. The van der Waals surface area contributed by atoms with Gasteiger partial charge in [0.1, 0.15) is 11.2 Å². The Morgan fingerprint density at radius 3 is 2.49 bits per heavy atom. The quantitative estimate of drug-likeness (QED) is 0.326. The van der Waals surface area contributed by atoms with Gasteiger partial charge in [0.05, 0.1) is 5.69 Å². The second-order valence-corrected chi connectivity index (χ2v) is 12.6. The lowest BCUT2D eigenvalue weighted by Crippen LogP contribution is -2.36. The maximum atomic E-state index is 4.46. The fourth-order valence-corrected chi connectivity index (χ4v) is 8.28. The highest BCUT2D eigenvalue weighted by molar-refractivity contribution is 7.19. The van der Waals surface area contributed by atoms with Crippen LogP contribution in [0.4, 0.5) is 0 Å². The maximum Gasteiger partial charge on any atom is 0.158 e. The van der Waals surface area contributed by atoms with Crippen LogP contribution in [-0.4, -0.2) is 43.6 Å². The number of aromatic nitrogens is 4. The van der Waals surface area contributed by atoms with E-state index in [-0.39, 0.29) is 0 Å². The molecule has 1 atom stereocenters. The van der Waals surface area contributed by atoms with E-state index < -0.39 is 0 Å². The van der Waals surface area contributed by atoms with Crippen molar-refractivity contribution in [2.75, 3.05) is 13.1 Å². The Bertz CT molecular complexity index is 1380. The maximum absolute atomic E-state index is 4.46. The van der Waals surface area contributed by atoms with E-state index in [0.717, 1.165) is 23.5 Å². The molecular formula is C29H39N5S. The van der Waals surface area contributed by atoms with Crippen molar-refractivity contribution in [1.82, 2.24) is 24.5 Å². The molecule has 0 aromatic carbocycles. The number of nitrogens with zero attached hydrogens (tertiary/aromatic N) is 4. The number of thiophene rings is 1. The highest BCUT2D eigenvalue weighted by atomic mass is 32.1. The van der Waals surface area contributed by atoms with E-state index in [2.05, 4.69) is 67.7 Å². The molecule has 1 N–H and O–H groups in total. The molecule has 0 radical (unpaired) electrons. The van der Waals surface area contributed by atoms with Crippen LogP contribution >= 0.6 is 11.3 Å². The van der Waals surface area contributed by atoms with Gasteiger partial charge >= 0.3 is 0 Å². The number of pyridine rings is 1. The molecule has 5 nitrogen and oxygen atoms in total. The van der Waals surface area contributed by atoms with Crippen molar-refractivity contribution in [3.63, 3.8) is 0 Å². The molecule has 6 rings (SSSR count). The van der Waals surface area contributed by atoms with Gasteiger partial charge in [0, 0.05) is 34.6 Å². The minimum absolute atomic E-state index is 0.443. The predicted molar refractivity (Wildman–Crippen MR) is 147 cm³/mol. The Balaban J connectivity index is 1.35. The van der Waals surface area contributed by atoms with E-state index >= 15 is 0 Å². The van der Waals surface area contributed by atoms with Gasteiger partial charge < -0.3 is 9.88 Å². The number of likely N-dealkylation sites (tertiary alicyclic amines) is 1. The average molecular weight is 490 g/mol. The average Bonchev–Trinajstić information content (AvgIpc) is 3.61. The molecule has 5 heterocycles. The van der Waals surface area contributed by atoms with Crippen LogP contribution in [0, 0.1) is 26.7 Å². The summed E-state index contributed by atoms with van der Waals surface area (Å²) in [6.07, 6.45) is 10.6. The third-order valence-electron chi connectivity index (χ3n) is 8.97. The lowest BCUT2D eigenvalue weighted by Gasteiger charge is -2.34. The van der Waals surface area contributed by atoms with Gasteiger partial charge in [0.2, 0.25) is 0 Å². The minimum Gasteiger partial charge on any atom is -0.346 e. The van der Waals surface area contributed by atoms with Crippen molar-refractivity contribution in [3.05, 3.63) is 39.7 Å². The van der Waals surface area contributed by atoms with Gasteiger partial charge in [-0.3, -0.25) is 0 Å². The van der Waals surface area contributed by atoms with E-state index in [1.54, 1.807) is 11.2 Å². The van der Waals surface area contributed by atoms with Crippen molar-refractivity contribution >= 4 is 27.2 Å². The molecule has 4 aromatic rings. The van der Waals surface area contributed by atoms with Crippen molar-refractivity contribution in [2.45, 2.75) is 91.5 Å². The number of aromatic amines is 1. The fourth-order valence-electron chi connectivity index (χ4n) is 6.89. The Labute approximate surface area is 212 Å². The molecule has 2 aliphatic rings. The summed E-state index contributed by atoms with van der Waals surface area (Å²) in [4.78, 5) is 14.1. The normalized spacial score (nSPS) is 23.9. The highest BCUT2D eigenvalue weighted by Gasteiger charge is 2.32. The molecule has 1 saturated heterocycles. The van der Waals surface area contributed by atoms with Crippen LogP contribution in [-0.2, 0) is 0 Å². The van der Waals surface area contributed by atoms with Crippen LogP contribution in [0.5, 0.6) is 0 Å². The van der Waals surface area contributed by atoms with Crippen molar-refractivity contribution in [3.8, 4) is 11.3 Å². The monoisotopic (exact) mass is 489 g/mol. The van der Waals surface area contributed by atoms with Crippen LogP contribution in [0.1, 0.15) is 91.8 Å². The van der Waals surface area contributed by atoms with Gasteiger partial charge in [-0.2, -0.15) is 5.10 Å². The summed E-state index contributed by atoms with van der Waals surface area (Å²) in [5.74, 6) is 2.05. The molecule has 2 fully saturated rings. The molecule has 1 aliphatic heterocycles. The standard InChI is InChI=1S/C29H39N5S/c1-16(2)24-25-20(6)27(21-7-9-22(10-8-21)33-12-11-17(3)13-33)35-29(25)32-26(24)23-14-34-28(30-15-31-34)19(5)18(23)4/h14-17,21-22,32H,7-13H2,1-6H3/t17-,21?,22?/m0/s1. The number of fused-ring (bicyclic) bond motifs is 2. The first-order valence-electron chi connectivity index (χ1n) is 13.5. The summed E-state index contributed by atoms with van der Waals surface area (Å²) in [5.41, 5.74) is 8.92. The summed E-state index contributed by atoms with van der Waals surface area (Å²) in [6, 6.07) is 0.817. The molecule has 1 saturated carbocycles.